The van der Waals surface area contributed by atoms with Crippen LogP contribution in [0.25, 0.3) is 5.57 Å². The van der Waals surface area contributed by atoms with Crippen molar-refractivity contribution in [3.63, 3.8) is 0 Å². The third kappa shape index (κ3) is 5.59. The quantitative estimate of drug-likeness (QED) is 0.538. The Morgan fingerprint density at radius 3 is 2.38 bits per heavy atom. The van der Waals surface area contributed by atoms with Gasteiger partial charge in [-0.15, -0.1) is 0 Å². The highest BCUT2D eigenvalue weighted by molar-refractivity contribution is 6.03. The van der Waals surface area contributed by atoms with Crippen LogP contribution >= 0.6 is 0 Å². The van der Waals surface area contributed by atoms with E-state index in [1.165, 1.54) is 43.9 Å². The van der Waals surface area contributed by atoms with Crippen molar-refractivity contribution in [1.82, 2.24) is 9.97 Å². The standard InChI is InChI=1S/C19H20N4O.C9H16O/c1-19(2)9-7-13(8-10-19)15-5-3-4-6-16(15)23-18(24)17-21-12-14(11-20)22-17;1-8-4-3-5-9(2,10-8)7-6-8/h3-7,12H,8-10H2,1-2H3,(H,21,22)(H,23,24);3-7H2,1-2H3/t;8-,9?/m.0/s1. The summed E-state index contributed by atoms with van der Waals surface area (Å²) in [6.45, 7) is 9.07. The molecule has 0 saturated carbocycles. The summed E-state index contributed by atoms with van der Waals surface area (Å²) in [7, 11) is 0. The van der Waals surface area contributed by atoms with Crippen molar-refractivity contribution in [3.05, 3.63) is 53.6 Å². The number of aromatic nitrogens is 2. The maximum absolute atomic E-state index is 12.3. The Kier molecular flexibility index (Phi) is 6.69. The van der Waals surface area contributed by atoms with Gasteiger partial charge in [-0.3, -0.25) is 4.79 Å². The second-order valence-corrected chi connectivity index (χ2v) is 11.2. The zero-order valence-electron chi connectivity index (χ0n) is 20.8. The summed E-state index contributed by atoms with van der Waals surface area (Å²) < 4.78 is 5.97. The van der Waals surface area contributed by atoms with Crippen LogP contribution in [0.1, 0.15) is 101 Å². The molecule has 5 rings (SSSR count). The molecule has 180 valence electrons. The number of anilines is 1. The number of ether oxygens (including phenoxy) is 1. The van der Waals surface area contributed by atoms with E-state index in [4.69, 9.17) is 10.00 Å². The Bertz CT molecular complexity index is 1110. The molecule has 1 unspecified atom stereocenters. The molecule has 2 aliphatic heterocycles. The lowest BCUT2D eigenvalue weighted by molar-refractivity contribution is -0.120. The number of fused-ring (bicyclic) bond motifs is 2. The van der Waals surface area contributed by atoms with Gasteiger partial charge in [0.2, 0.25) is 0 Å². The molecule has 2 saturated heterocycles. The van der Waals surface area contributed by atoms with Gasteiger partial charge < -0.3 is 15.0 Å². The van der Waals surface area contributed by atoms with Gasteiger partial charge in [0.15, 0.2) is 5.82 Å². The number of hydrogen-bond acceptors (Lipinski definition) is 4. The molecule has 2 atom stereocenters. The van der Waals surface area contributed by atoms with Gasteiger partial charge >= 0.3 is 0 Å². The molecule has 1 aromatic heterocycles. The van der Waals surface area contributed by atoms with Crippen molar-refractivity contribution in [2.75, 3.05) is 5.32 Å². The molecular formula is C28H36N4O2. The maximum atomic E-state index is 12.3. The molecule has 2 fully saturated rings. The zero-order chi connectivity index (χ0) is 24.4. The van der Waals surface area contributed by atoms with Crippen LogP contribution in [0.4, 0.5) is 5.69 Å². The van der Waals surface area contributed by atoms with Gasteiger partial charge in [-0.05, 0) is 82.3 Å². The SMILES string of the molecule is CC1(C)CC=C(c2ccccc2NC(=O)c2ncc(C#N)[nH]2)CC1.CC12CCC[C@@](C)(CC1)O2. The third-order valence-electron chi connectivity index (χ3n) is 7.49. The summed E-state index contributed by atoms with van der Waals surface area (Å²) >= 11 is 0. The van der Waals surface area contributed by atoms with Crippen LogP contribution in [0.5, 0.6) is 0 Å². The van der Waals surface area contributed by atoms with Gasteiger partial charge in [-0.1, -0.05) is 38.1 Å². The normalized spacial score (nSPS) is 27.1. The van der Waals surface area contributed by atoms with E-state index in [9.17, 15) is 4.79 Å². The molecule has 2 aromatic rings. The summed E-state index contributed by atoms with van der Waals surface area (Å²) in [6, 6.07) is 9.73. The van der Waals surface area contributed by atoms with E-state index in [1.54, 1.807) is 0 Å². The number of nitrogens with zero attached hydrogens (tertiary/aromatic N) is 2. The number of allylic oxidation sites excluding steroid dienone is 2. The van der Waals surface area contributed by atoms with Crippen LogP contribution in [0.3, 0.4) is 0 Å². The van der Waals surface area contributed by atoms with Crippen molar-refractivity contribution in [2.24, 2.45) is 5.41 Å². The molecule has 2 N–H and O–H groups in total. The summed E-state index contributed by atoms with van der Waals surface area (Å²) in [5.74, 6) is -0.208. The number of benzene rings is 1. The van der Waals surface area contributed by atoms with E-state index in [2.05, 4.69) is 49.1 Å². The Hall–Kier alpha value is -2.91. The average molecular weight is 461 g/mol. The lowest BCUT2D eigenvalue weighted by Crippen LogP contribution is -2.35. The van der Waals surface area contributed by atoms with Crippen LogP contribution < -0.4 is 5.32 Å². The van der Waals surface area contributed by atoms with Crippen molar-refractivity contribution in [1.29, 1.82) is 5.26 Å². The highest BCUT2D eigenvalue weighted by Crippen LogP contribution is 2.47. The first-order valence-corrected chi connectivity index (χ1v) is 12.4. The Morgan fingerprint density at radius 1 is 1.09 bits per heavy atom. The molecule has 3 heterocycles. The van der Waals surface area contributed by atoms with E-state index in [0.29, 0.717) is 5.41 Å². The lowest BCUT2D eigenvalue weighted by atomic mass is 9.77. The predicted octanol–water partition coefficient (Wildman–Crippen LogP) is 6.63. The molecule has 1 amide bonds. The molecular weight excluding hydrogens is 424 g/mol. The van der Waals surface area contributed by atoms with Gasteiger partial charge in [0.25, 0.3) is 5.91 Å². The summed E-state index contributed by atoms with van der Waals surface area (Å²) in [4.78, 5) is 19.0. The predicted molar refractivity (Wildman–Crippen MR) is 134 cm³/mol. The fraction of sp³-hybridized carbons (Fsp3) is 0.536. The fourth-order valence-electron chi connectivity index (χ4n) is 5.28. The van der Waals surface area contributed by atoms with Crippen LogP contribution in [0.2, 0.25) is 0 Å². The van der Waals surface area contributed by atoms with E-state index >= 15 is 0 Å². The van der Waals surface area contributed by atoms with Gasteiger partial charge in [0, 0.05) is 11.3 Å². The Morgan fingerprint density at radius 2 is 1.79 bits per heavy atom. The molecule has 6 nitrogen and oxygen atoms in total. The number of carbonyl (C=O) groups is 1. The minimum atomic E-state index is -0.347. The van der Waals surface area contributed by atoms with Crippen LogP contribution in [-0.4, -0.2) is 27.1 Å². The van der Waals surface area contributed by atoms with Crippen molar-refractivity contribution in [2.45, 2.75) is 90.3 Å². The summed E-state index contributed by atoms with van der Waals surface area (Å²) in [5.41, 5.74) is 4.20. The number of carbonyl (C=O) groups excluding carboxylic acids is 1. The third-order valence-corrected chi connectivity index (χ3v) is 7.49. The summed E-state index contributed by atoms with van der Waals surface area (Å²) in [6.07, 6.45) is 13.3. The maximum Gasteiger partial charge on any atom is 0.291 e. The number of amides is 1. The van der Waals surface area contributed by atoms with E-state index in [0.717, 1.165) is 30.5 Å². The monoisotopic (exact) mass is 460 g/mol. The van der Waals surface area contributed by atoms with Crippen molar-refractivity contribution >= 4 is 17.2 Å². The average Bonchev–Trinajstić information content (AvgIpc) is 3.36. The van der Waals surface area contributed by atoms with Gasteiger partial charge in [-0.2, -0.15) is 5.26 Å². The highest BCUT2D eigenvalue weighted by atomic mass is 16.5. The van der Waals surface area contributed by atoms with Gasteiger partial charge in [0.05, 0.1) is 17.4 Å². The van der Waals surface area contributed by atoms with Crippen LogP contribution in [-0.2, 0) is 4.74 Å². The largest absolute Gasteiger partial charge is 0.369 e. The molecule has 3 aliphatic rings. The topological polar surface area (TPSA) is 90.8 Å². The van der Waals surface area contributed by atoms with Gasteiger partial charge in [-0.25, -0.2) is 4.98 Å². The smallest absolute Gasteiger partial charge is 0.291 e. The number of nitrogens with one attached hydrogen (secondary N) is 2. The van der Waals surface area contributed by atoms with E-state index < -0.39 is 0 Å². The number of nitriles is 1. The number of imidazole rings is 1. The number of rotatable bonds is 3. The fourth-order valence-corrected chi connectivity index (χ4v) is 5.28. The highest BCUT2D eigenvalue weighted by Gasteiger charge is 2.46. The Balaban J connectivity index is 0.000000226. The molecule has 1 aromatic carbocycles. The van der Waals surface area contributed by atoms with Crippen molar-refractivity contribution in [3.8, 4) is 6.07 Å². The zero-order valence-corrected chi connectivity index (χ0v) is 20.8. The van der Waals surface area contributed by atoms with Crippen LogP contribution in [0, 0.1) is 16.7 Å². The minimum absolute atomic E-state index is 0.139. The second kappa shape index (κ2) is 9.38. The van der Waals surface area contributed by atoms with Crippen molar-refractivity contribution < 1.29 is 9.53 Å². The number of aromatic amines is 1. The Labute approximate surface area is 202 Å². The number of para-hydroxylation sites is 1. The number of H-pyrrole nitrogens is 1. The minimum Gasteiger partial charge on any atom is -0.369 e. The molecule has 6 heteroatoms. The first-order valence-electron chi connectivity index (χ1n) is 12.4. The van der Waals surface area contributed by atoms with Crippen LogP contribution in [0.15, 0.2) is 36.5 Å². The van der Waals surface area contributed by atoms with Gasteiger partial charge in [0.1, 0.15) is 11.8 Å². The molecule has 2 bridgehead atoms. The first kappa shape index (κ1) is 24.2. The summed E-state index contributed by atoms with van der Waals surface area (Å²) in [5, 5.41) is 11.7. The molecule has 0 radical (unpaired) electrons. The lowest BCUT2D eigenvalue weighted by Gasteiger charge is -2.35. The van der Waals surface area contributed by atoms with E-state index in [1.807, 2.05) is 30.3 Å². The number of hydrogen-bond donors (Lipinski definition) is 2. The van der Waals surface area contributed by atoms with E-state index in [-0.39, 0.29) is 28.6 Å². The molecule has 34 heavy (non-hydrogen) atoms. The molecule has 1 aliphatic carbocycles. The molecule has 0 spiro atoms. The first-order chi connectivity index (χ1) is 16.1. The second-order valence-electron chi connectivity index (χ2n) is 11.2.